The lowest BCUT2D eigenvalue weighted by atomic mass is 10.0. The topological polar surface area (TPSA) is 104 Å². The fraction of sp³-hybridized carbons (Fsp3) is 0.105. The van der Waals surface area contributed by atoms with Crippen LogP contribution in [0.1, 0.15) is 28.5 Å². The number of hydrogen-bond donors (Lipinski definition) is 3. The standard InChI is InChI=1S/C19H14Cl2FN3O4/c20-10-1-6-13(14(21)7-10)15(9-18(27)28)23-19(29)16-8-17(26)25(24-16)12-4-2-11(22)3-5-12/h1-8,15,24H,9H2,(H,23,29)(H,27,28)/t15-/m0/s1. The van der Waals surface area contributed by atoms with Gasteiger partial charge in [-0.15, -0.1) is 0 Å². The molecule has 2 aromatic carbocycles. The van der Waals surface area contributed by atoms with Crippen molar-refractivity contribution in [3.63, 3.8) is 0 Å². The molecule has 1 heterocycles. The highest BCUT2D eigenvalue weighted by atomic mass is 35.5. The van der Waals surface area contributed by atoms with E-state index in [1.807, 2.05) is 0 Å². The molecule has 0 spiro atoms. The van der Waals surface area contributed by atoms with Crippen LogP contribution in [0.15, 0.2) is 53.3 Å². The monoisotopic (exact) mass is 437 g/mol. The fourth-order valence-electron chi connectivity index (χ4n) is 2.73. The van der Waals surface area contributed by atoms with Crippen LogP contribution >= 0.6 is 23.2 Å². The van der Waals surface area contributed by atoms with Gasteiger partial charge in [0.2, 0.25) is 0 Å². The number of carboxylic acids is 1. The molecular formula is C19H14Cl2FN3O4. The van der Waals surface area contributed by atoms with E-state index in [1.165, 1.54) is 42.5 Å². The van der Waals surface area contributed by atoms with Gasteiger partial charge in [0, 0.05) is 16.1 Å². The summed E-state index contributed by atoms with van der Waals surface area (Å²) in [4.78, 5) is 36.0. The van der Waals surface area contributed by atoms with Crippen molar-refractivity contribution in [3.8, 4) is 5.69 Å². The Kier molecular flexibility index (Phi) is 6.05. The molecule has 150 valence electrons. The SMILES string of the molecule is O=C(O)C[C@H](NC(=O)c1cc(=O)n(-c2ccc(F)cc2)[nH]1)c1ccc(Cl)cc1Cl. The first-order chi connectivity index (χ1) is 13.7. The number of carbonyl (C=O) groups is 2. The van der Waals surface area contributed by atoms with Gasteiger partial charge in [0.1, 0.15) is 11.5 Å². The maximum atomic E-state index is 13.1. The van der Waals surface area contributed by atoms with E-state index in [2.05, 4.69) is 10.4 Å². The van der Waals surface area contributed by atoms with E-state index in [-0.39, 0.29) is 10.7 Å². The second-order valence-electron chi connectivity index (χ2n) is 6.11. The van der Waals surface area contributed by atoms with Crippen LogP contribution in [-0.2, 0) is 4.79 Å². The van der Waals surface area contributed by atoms with Crippen LogP contribution in [0.2, 0.25) is 10.0 Å². The summed E-state index contributed by atoms with van der Waals surface area (Å²) in [7, 11) is 0. The number of aliphatic carboxylic acids is 1. The molecule has 10 heteroatoms. The number of aromatic amines is 1. The molecule has 7 nitrogen and oxygen atoms in total. The Morgan fingerprint density at radius 1 is 1.14 bits per heavy atom. The highest BCUT2D eigenvalue weighted by molar-refractivity contribution is 6.35. The van der Waals surface area contributed by atoms with Gasteiger partial charge in [-0.1, -0.05) is 29.3 Å². The van der Waals surface area contributed by atoms with Gasteiger partial charge < -0.3 is 10.4 Å². The molecule has 0 saturated heterocycles. The lowest BCUT2D eigenvalue weighted by Gasteiger charge is -2.18. The number of hydrogen-bond acceptors (Lipinski definition) is 3. The Hall–Kier alpha value is -3.10. The maximum absolute atomic E-state index is 13.1. The first kappa shape index (κ1) is 20.6. The molecule has 1 aromatic heterocycles. The zero-order valence-corrected chi connectivity index (χ0v) is 16.2. The van der Waals surface area contributed by atoms with Gasteiger partial charge in [-0.3, -0.25) is 19.5 Å². The van der Waals surface area contributed by atoms with Crippen molar-refractivity contribution in [1.82, 2.24) is 15.1 Å². The molecular weight excluding hydrogens is 424 g/mol. The number of rotatable bonds is 6. The largest absolute Gasteiger partial charge is 0.481 e. The Labute approximate surface area is 173 Å². The number of H-pyrrole nitrogens is 1. The molecule has 0 radical (unpaired) electrons. The summed E-state index contributed by atoms with van der Waals surface area (Å²) in [5, 5.41) is 14.9. The summed E-state index contributed by atoms with van der Waals surface area (Å²) < 4.78 is 14.1. The highest BCUT2D eigenvalue weighted by Gasteiger charge is 2.23. The first-order valence-corrected chi connectivity index (χ1v) is 9.06. The van der Waals surface area contributed by atoms with Crippen molar-refractivity contribution < 1.29 is 19.1 Å². The average molecular weight is 438 g/mol. The predicted molar refractivity (Wildman–Crippen MR) is 105 cm³/mol. The minimum atomic E-state index is -1.15. The molecule has 1 atom stereocenters. The minimum absolute atomic E-state index is 0.0974. The summed E-state index contributed by atoms with van der Waals surface area (Å²) in [6, 6.07) is 9.67. The van der Waals surface area contributed by atoms with Gasteiger partial charge in [-0.25, -0.2) is 9.07 Å². The van der Waals surface area contributed by atoms with Crippen molar-refractivity contribution in [2.75, 3.05) is 0 Å². The van der Waals surface area contributed by atoms with Crippen LogP contribution in [0.25, 0.3) is 5.69 Å². The van der Waals surface area contributed by atoms with Gasteiger partial charge in [0.25, 0.3) is 11.5 Å². The Morgan fingerprint density at radius 2 is 1.83 bits per heavy atom. The third-order valence-corrected chi connectivity index (χ3v) is 4.63. The van der Waals surface area contributed by atoms with Crippen molar-refractivity contribution in [3.05, 3.63) is 86.0 Å². The second-order valence-corrected chi connectivity index (χ2v) is 6.95. The first-order valence-electron chi connectivity index (χ1n) is 8.30. The van der Waals surface area contributed by atoms with Crippen molar-refractivity contribution in [2.24, 2.45) is 0 Å². The third kappa shape index (κ3) is 4.85. The minimum Gasteiger partial charge on any atom is -0.481 e. The number of amides is 1. The van der Waals surface area contributed by atoms with E-state index in [1.54, 1.807) is 0 Å². The van der Waals surface area contributed by atoms with E-state index in [9.17, 15) is 23.9 Å². The molecule has 3 rings (SSSR count). The second kappa shape index (κ2) is 8.50. The Balaban J connectivity index is 1.88. The van der Waals surface area contributed by atoms with E-state index >= 15 is 0 Å². The van der Waals surface area contributed by atoms with Crippen LogP contribution in [-0.4, -0.2) is 26.8 Å². The molecule has 0 bridgehead atoms. The lowest BCUT2D eigenvalue weighted by Crippen LogP contribution is -2.30. The molecule has 0 saturated carbocycles. The van der Waals surface area contributed by atoms with Gasteiger partial charge in [-0.05, 0) is 42.0 Å². The number of carbonyl (C=O) groups excluding carboxylic acids is 1. The number of benzene rings is 2. The van der Waals surface area contributed by atoms with Crippen LogP contribution in [0.4, 0.5) is 4.39 Å². The molecule has 29 heavy (non-hydrogen) atoms. The number of carboxylic acid groups (broad SMARTS) is 1. The summed E-state index contributed by atoms with van der Waals surface area (Å²) in [6.07, 6.45) is -0.435. The van der Waals surface area contributed by atoms with E-state index in [0.717, 1.165) is 10.7 Å². The lowest BCUT2D eigenvalue weighted by molar-refractivity contribution is -0.137. The smallest absolute Gasteiger partial charge is 0.305 e. The summed E-state index contributed by atoms with van der Waals surface area (Å²) in [5.41, 5.74) is 0.0614. The number of nitrogens with zero attached hydrogens (tertiary/aromatic N) is 1. The van der Waals surface area contributed by atoms with Crippen molar-refractivity contribution in [2.45, 2.75) is 12.5 Å². The zero-order chi connectivity index (χ0) is 21.1. The average Bonchev–Trinajstić information content (AvgIpc) is 3.03. The number of halogens is 3. The molecule has 3 N–H and O–H groups in total. The van der Waals surface area contributed by atoms with Crippen LogP contribution in [0.3, 0.4) is 0 Å². The van der Waals surface area contributed by atoms with Crippen LogP contribution in [0.5, 0.6) is 0 Å². The Morgan fingerprint density at radius 3 is 2.45 bits per heavy atom. The van der Waals surface area contributed by atoms with Crippen molar-refractivity contribution >= 4 is 35.1 Å². The van der Waals surface area contributed by atoms with Gasteiger partial charge >= 0.3 is 5.97 Å². The van der Waals surface area contributed by atoms with Gasteiger partial charge in [-0.2, -0.15) is 0 Å². The molecule has 0 aliphatic heterocycles. The molecule has 3 aromatic rings. The zero-order valence-electron chi connectivity index (χ0n) is 14.7. The molecule has 0 unspecified atom stereocenters. The summed E-state index contributed by atoms with van der Waals surface area (Å²) in [5.74, 6) is -2.33. The molecule has 0 fully saturated rings. The van der Waals surface area contributed by atoms with E-state index in [4.69, 9.17) is 23.2 Å². The maximum Gasteiger partial charge on any atom is 0.305 e. The van der Waals surface area contributed by atoms with E-state index in [0.29, 0.717) is 16.3 Å². The highest BCUT2D eigenvalue weighted by Crippen LogP contribution is 2.28. The third-order valence-electron chi connectivity index (χ3n) is 4.07. The summed E-state index contributed by atoms with van der Waals surface area (Å²) in [6.45, 7) is 0. The van der Waals surface area contributed by atoms with E-state index < -0.39 is 35.7 Å². The molecule has 0 aliphatic carbocycles. The predicted octanol–water partition coefficient (Wildman–Crippen LogP) is 3.56. The van der Waals surface area contributed by atoms with Crippen LogP contribution in [0, 0.1) is 5.82 Å². The number of nitrogens with one attached hydrogen (secondary N) is 2. The van der Waals surface area contributed by atoms with Crippen molar-refractivity contribution in [1.29, 1.82) is 0 Å². The molecule has 0 aliphatic rings. The van der Waals surface area contributed by atoms with Gasteiger partial charge in [0.15, 0.2) is 0 Å². The normalized spacial score (nSPS) is 11.8. The fourth-order valence-corrected chi connectivity index (χ4v) is 3.27. The molecule has 1 amide bonds. The van der Waals surface area contributed by atoms with Gasteiger partial charge in [0.05, 0.1) is 18.2 Å². The number of aromatic nitrogens is 2. The quantitative estimate of drug-likeness (QED) is 0.548. The van der Waals surface area contributed by atoms with Crippen LogP contribution < -0.4 is 10.9 Å². The Bertz CT molecular complexity index is 1130. The summed E-state index contributed by atoms with van der Waals surface area (Å²) >= 11 is 12.0.